The largest absolute Gasteiger partial charge is 0.336 e. The van der Waals surface area contributed by atoms with E-state index in [2.05, 4.69) is 56.3 Å². The normalized spacial score (nSPS) is 16.0. The molecule has 0 spiro atoms. The van der Waals surface area contributed by atoms with E-state index in [0.29, 0.717) is 12.8 Å². The number of hydrogen-bond donors (Lipinski definition) is 0. The molecule has 0 saturated carbocycles. The average molecular weight is 392 g/mol. The van der Waals surface area contributed by atoms with Crippen molar-refractivity contribution in [2.24, 2.45) is 5.10 Å². The van der Waals surface area contributed by atoms with E-state index in [-0.39, 0.29) is 24.4 Å². The molecule has 2 amide bonds. The first kappa shape index (κ1) is 20.8. The highest BCUT2D eigenvalue weighted by atomic mass is 16.2. The lowest BCUT2D eigenvalue weighted by Crippen LogP contribution is -2.38. The van der Waals surface area contributed by atoms with Gasteiger partial charge in [0.1, 0.15) is 6.54 Å². The number of hydrazone groups is 1. The zero-order chi connectivity index (χ0) is 21.1. The van der Waals surface area contributed by atoms with Crippen molar-refractivity contribution in [1.82, 2.24) is 9.91 Å². The minimum Gasteiger partial charge on any atom is -0.336 e. The molecule has 29 heavy (non-hydrogen) atoms. The van der Waals surface area contributed by atoms with Crippen LogP contribution >= 0.6 is 0 Å². The van der Waals surface area contributed by atoms with Gasteiger partial charge in [0.25, 0.3) is 5.91 Å². The molecular weight excluding hydrogens is 362 g/mol. The maximum Gasteiger partial charge on any atom is 0.262 e. The third kappa shape index (κ3) is 4.56. The van der Waals surface area contributed by atoms with Gasteiger partial charge in [-0.3, -0.25) is 9.59 Å². The van der Waals surface area contributed by atoms with Crippen LogP contribution in [0.4, 0.5) is 0 Å². The number of likely N-dealkylation sites (N-methyl/N-ethyl adjacent to an activating group) is 1. The van der Waals surface area contributed by atoms with E-state index in [4.69, 9.17) is 5.10 Å². The highest BCUT2D eigenvalue weighted by Gasteiger charge is 2.33. The molecule has 1 aliphatic heterocycles. The molecule has 0 unspecified atom stereocenters. The second-order valence-electron chi connectivity index (χ2n) is 7.82. The Morgan fingerprint density at radius 3 is 2.38 bits per heavy atom. The van der Waals surface area contributed by atoms with Crippen LogP contribution in [-0.4, -0.2) is 41.0 Å². The summed E-state index contributed by atoms with van der Waals surface area (Å²) in [6.45, 7) is 8.04. The number of benzene rings is 2. The second kappa shape index (κ2) is 8.60. The molecule has 0 radical (unpaired) electrons. The summed E-state index contributed by atoms with van der Waals surface area (Å²) in [5, 5.41) is 6.27. The first-order valence-electron chi connectivity index (χ1n) is 10.1. The molecule has 152 valence electrons. The number of rotatable bonds is 5. The van der Waals surface area contributed by atoms with Crippen LogP contribution in [0.25, 0.3) is 0 Å². The molecule has 1 aliphatic rings. The summed E-state index contributed by atoms with van der Waals surface area (Å²) < 4.78 is 0. The number of hydrogen-bond acceptors (Lipinski definition) is 3. The first-order valence-corrected chi connectivity index (χ1v) is 10.1. The van der Waals surface area contributed by atoms with Crippen LogP contribution in [0.5, 0.6) is 0 Å². The molecule has 1 atom stereocenters. The van der Waals surface area contributed by atoms with Gasteiger partial charge in [0.15, 0.2) is 0 Å². The lowest BCUT2D eigenvalue weighted by molar-refractivity contribution is -0.140. The maximum atomic E-state index is 13.0. The van der Waals surface area contributed by atoms with Crippen molar-refractivity contribution in [3.05, 3.63) is 70.3 Å². The van der Waals surface area contributed by atoms with Gasteiger partial charge >= 0.3 is 0 Å². The molecule has 0 aliphatic carbocycles. The van der Waals surface area contributed by atoms with Crippen molar-refractivity contribution in [2.75, 3.05) is 13.6 Å². The third-order valence-electron chi connectivity index (χ3n) is 5.57. The Morgan fingerprint density at radius 1 is 1.07 bits per heavy atom. The maximum absolute atomic E-state index is 13.0. The molecule has 2 aromatic carbocycles. The molecule has 1 heterocycles. The Balaban J connectivity index is 1.92. The molecule has 0 fully saturated rings. The Kier molecular flexibility index (Phi) is 6.16. The predicted octanol–water partition coefficient (Wildman–Crippen LogP) is 4.16. The van der Waals surface area contributed by atoms with E-state index in [0.717, 1.165) is 16.8 Å². The van der Waals surface area contributed by atoms with Crippen LogP contribution in [-0.2, 0) is 9.59 Å². The second-order valence-corrected chi connectivity index (χ2v) is 7.82. The van der Waals surface area contributed by atoms with Crippen molar-refractivity contribution >= 4 is 17.5 Å². The molecule has 5 nitrogen and oxygen atoms in total. The van der Waals surface area contributed by atoms with Crippen LogP contribution in [0.1, 0.15) is 53.6 Å². The molecular formula is C24H29N3O2. The summed E-state index contributed by atoms with van der Waals surface area (Å²) in [7, 11) is 1.66. The van der Waals surface area contributed by atoms with Gasteiger partial charge in [0.05, 0.1) is 11.8 Å². The van der Waals surface area contributed by atoms with Gasteiger partial charge in [-0.05, 0) is 49.1 Å². The van der Waals surface area contributed by atoms with Crippen molar-refractivity contribution in [1.29, 1.82) is 0 Å². The highest BCUT2D eigenvalue weighted by Crippen LogP contribution is 2.33. The summed E-state index contributed by atoms with van der Waals surface area (Å²) in [4.78, 5) is 26.4. The van der Waals surface area contributed by atoms with E-state index < -0.39 is 0 Å². The topological polar surface area (TPSA) is 53.0 Å². The summed E-state index contributed by atoms with van der Waals surface area (Å²) in [6, 6.07) is 14.3. The van der Waals surface area contributed by atoms with Crippen LogP contribution in [0.3, 0.4) is 0 Å². The van der Waals surface area contributed by atoms with Gasteiger partial charge < -0.3 is 4.90 Å². The smallest absolute Gasteiger partial charge is 0.262 e. The minimum atomic E-state index is -0.168. The fourth-order valence-electron chi connectivity index (χ4n) is 3.52. The Hall–Kier alpha value is -2.95. The Labute approximate surface area is 173 Å². The molecule has 0 N–H and O–H groups in total. The SMILES string of the molecule is CCC(=O)N(C)CC(=O)N1N=C(c2ccc(C)c(C)c2)C[C@@H]1c1ccc(C)cc1. The van der Waals surface area contributed by atoms with Gasteiger partial charge in [0.2, 0.25) is 5.91 Å². The Morgan fingerprint density at radius 2 is 1.76 bits per heavy atom. The van der Waals surface area contributed by atoms with Gasteiger partial charge in [0, 0.05) is 19.9 Å². The lowest BCUT2D eigenvalue weighted by Gasteiger charge is -2.24. The molecule has 5 heteroatoms. The van der Waals surface area contributed by atoms with Gasteiger partial charge in [-0.1, -0.05) is 48.9 Å². The van der Waals surface area contributed by atoms with E-state index in [1.165, 1.54) is 21.6 Å². The molecule has 0 bridgehead atoms. The standard InChI is InChI=1S/C24H29N3O2/c1-6-23(28)26(5)15-24(29)27-22(19-10-7-16(2)8-11-19)14-21(25-27)20-12-9-17(3)18(4)13-20/h7-13,22H,6,14-15H2,1-5H3/t22-/m1/s1. The number of carbonyl (C=O) groups excluding carboxylic acids is 2. The lowest BCUT2D eigenvalue weighted by atomic mass is 9.96. The van der Waals surface area contributed by atoms with E-state index >= 15 is 0 Å². The highest BCUT2D eigenvalue weighted by molar-refractivity contribution is 6.03. The van der Waals surface area contributed by atoms with Crippen LogP contribution in [0.15, 0.2) is 47.6 Å². The first-order chi connectivity index (χ1) is 13.8. The van der Waals surface area contributed by atoms with Crippen molar-refractivity contribution in [2.45, 2.75) is 46.6 Å². The number of aryl methyl sites for hydroxylation is 3. The third-order valence-corrected chi connectivity index (χ3v) is 5.57. The fraction of sp³-hybridized carbons (Fsp3) is 0.375. The quantitative estimate of drug-likeness (QED) is 0.769. The summed E-state index contributed by atoms with van der Waals surface area (Å²) >= 11 is 0. The number of nitrogens with zero attached hydrogens (tertiary/aromatic N) is 3. The van der Waals surface area contributed by atoms with Crippen molar-refractivity contribution in [3.8, 4) is 0 Å². The van der Waals surface area contributed by atoms with Crippen molar-refractivity contribution < 1.29 is 9.59 Å². The fourth-order valence-corrected chi connectivity index (χ4v) is 3.52. The van der Waals surface area contributed by atoms with Gasteiger partial charge in [-0.15, -0.1) is 0 Å². The zero-order valence-corrected chi connectivity index (χ0v) is 17.9. The zero-order valence-electron chi connectivity index (χ0n) is 17.9. The molecule has 0 aromatic heterocycles. The number of amides is 2. The Bertz CT molecular complexity index is 947. The minimum absolute atomic E-state index is 0.0265. The van der Waals surface area contributed by atoms with E-state index in [1.807, 2.05) is 6.92 Å². The van der Waals surface area contributed by atoms with Gasteiger partial charge in [-0.25, -0.2) is 5.01 Å². The van der Waals surface area contributed by atoms with Gasteiger partial charge in [-0.2, -0.15) is 5.10 Å². The summed E-state index contributed by atoms with van der Waals surface area (Å²) in [5.41, 5.74) is 6.60. The molecule has 0 saturated heterocycles. The van der Waals surface area contributed by atoms with E-state index in [9.17, 15) is 9.59 Å². The average Bonchev–Trinajstić information content (AvgIpc) is 3.15. The predicted molar refractivity (Wildman–Crippen MR) is 116 cm³/mol. The molecule has 3 rings (SSSR count). The van der Waals surface area contributed by atoms with Crippen LogP contribution in [0.2, 0.25) is 0 Å². The van der Waals surface area contributed by atoms with E-state index in [1.54, 1.807) is 19.0 Å². The number of carbonyl (C=O) groups is 2. The van der Waals surface area contributed by atoms with Crippen LogP contribution < -0.4 is 0 Å². The van der Waals surface area contributed by atoms with Crippen LogP contribution in [0, 0.1) is 20.8 Å². The summed E-state index contributed by atoms with van der Waals surface area (Å²) in [5.74, 6) is -0.221. The summed E-state index contributed by atoms with van der Waals surface area (Å²) in [6.07, 6.45) is 1.03. The molecule has 2 aromatic rings. The monoisotopic (exact) mass is 391 g/mol. The van der Waals surface area contributed by atoms with Crippen molar-refractivity contribution in [3.63, 3.8) is 0 Å².